The molecule has 2 rings (SSSR count). The topological polar surface area (TPSA) is 179 Å². The van der Waals surface area contributed by atoms with Crippen molar-refractivity contribution in [1.82, 2.24) is 15.3 Å². The van der Waals surface area contributed by atoms with Gasteiger partial charge in [0.25, 0.3) is 11.5 Å². The van der Waals surface area contributed by atoms with Crippen LogP contribution in [-0.2, 0) is 25.5 Å². The number of carbonyl (C=O) groups is 3. The minimum Gasteiger partial charge on any atom is -0.466 e. The minimum absolute atomic E-state index is 0.0117. The Labute approximate surface area is 207 Å². The van der Waals surface area contributed by atoms with E-state index in [1.807, 2.05) is 0 Å². The van der Waals surface area contributed by atoms with Gasteiger partial charge < -0.3 is 26.3 Å². The molecule has 0 saturated heterocycles. The Morgan fingerprint density at radius 1 is 1.11 bits per heavy atom. The molecular formula is C23H31N5O6S. The van der Waals surface area contributed by atoms with Gasteiger partial charge in [-0.1, -0.05) is 0 Å². The second kappa shape index (κ2) is 14.0. The van der Waals surface area contributed by atoms with Gasteiger partial charge in [0, 0.05) is 16.9 Å². The lowest BCUT2D eigenvalue weighted by atomic mass is 10.1. The monoisotopic (exact) mass is 505 g/mol. The molecule has 1 heterocycles. The molecule has 6 N–H and O–H groups in total. The van der Waals surface area contributed by atoms with Gasteiger partial charge >= 0.3 is 11.9 Å². The van der Waals surface area contributed by atoms with Crippen LogP contribution in [0.2, 0.25) is 0 Å². The Balaban J connectivity index is 1.89. The predicted octanol–water partition coefficient (Wildman–Crippen LogP) is 1.66. The largest absolute Gasteiger partial charge is 0.466 e. The van der Waals surface area contributed by atoms with Crippen LogP contribution in [0.1, 0.15) is 49.0 Å². The lowest BCUT2D eigenvalue weighted by Crippen LogP contribution is -2.42. The average Bonchev–Trinajstić information content (AvgIpc) is 2.81. The fraction of sp³-hybridized carbons (Fsp3) is 0.435. The zero-order valence-corrected chi connectivity index (χ0v) is 20.6. The molecular weight excluding hydrogens is 474 g/mol. The number of nitrogens with zero attached hydrogens (tertiary/aromatic N) is 1. The Bertz CT molecular complexity index is 1070. The van der Waals surface area contributed by atoms with Crippen LogP contribution in [0.4, 0.5) is 11.8 Å². The van der Waals surface area contributed by atoms with Crippen molar-refractivity contribution in [2.45, 2.75) is 50.5 Å². The van der Waals surface area contributed by atoms with Gasteiger partial charge in [0.05, 0.1) is 18.8 Å². The summed E-state index contributed by atoms with van der Waals surface area (Å²) in [6, 6.07) is 5.93. The van der Waals surface area contributed by atoms with Crippen LogP contribution < -0.4 is 22.3 Å². The van der Waals surface area contributed by atoms with Crippen molar-refractivity contribution in [3.05, 3.63) is 45.7 Å². The molecule has 1 amide bonds. The van der Waals surface area contributed by atoms with Gasteiger partial charge in [-0.25, -0.2) is 4.79 Å². The second-order valence-corrected chi connectivity index (χ2v) is 8.58. The summed E-state index contributed by atoms with van der Waals surface area (Å²) in [5.74, 6) is -0.662. The second-order valence-electron chi connectivity index (χ2n) is 7.41. The number of ether oxygens (including phenoxy) is 2. The Kier molecular flexibility index (Phi) is 11.1. The third-order valence-electron chi connectivity index (χ3n) is 4.84. The van der Waals surface area contributed by atoms with Gasteiger partial charge in [-0.2, -0.15) is 4.98 Å². The number of hydrogen-bond donors (Lipinski definition) is 4. The molecule has 0 radical (unpaired) electrons. The van der Waals surface area contributed by atoms with Crippen molar-refractivity contribution in [2.75, 3.05) is 30.4 Å². The number of H-pyrrole nitrogens is 1. The van der Waals surface area contributed by atoms with E-state index in [9.17, 15) is 19.2 Å². The summed E-state index contributed by atoms with van der Waals surface area (Å²) in [6.07, 6.45) is 1.21. The molecule has 12 heteroatoms. The summed E-state index contributed by atoms with van der Waals surface area (Å²) in [5.41, 5.74) is 11.7. The van der Waals surface area contributed by atoms with E-state index >= 15 is 0 Å². The first kappa shape index (κ1) is 27.7. The van der Waals surface area contributed by atoms with Crippen molar-refractivity contribution in [2.24, 2.45) is 0 Å². The molecule has 190 valence electrons. The molecule has 0 fully saturated rings. The zero-order chi connectivity index (χ0) is 25.8. The fourth-order valence-electron chi connectivity index (χ4n) is 3.15. The van der Waals surface area contributed by atoms with Crippen LogP contribution in [0.15, 0.2) is 34.0 Å². The quantitative estimate of drug-likeness (QED) is 0.178. The average molecular weight is 506 g/mol. The number of amides is 1. The predicted molar refractivity (Wildman–Crippen MR) is 133 cm³/mol. The number of anilines is 2. The molecule has 35 heavy (non-hydrogen) atoms. The van der Waals surface area contributed by atoms with Gasteiger partial charge in [-0.05, 0) is 63.1 Å². The van der Waals surface area contributed by atoms with Crippen LogP contribution in [0.25, 0.3) is 0 Å². The highest BCUT2D eigenvalue weighted by Gasteiger charge is 2.24. The Morgan fingerprint density at radius 2 is 1.80 bits per heavy atom. The van der Waals surface area contributed by atoms with Crippen molar-refractivity contribution in [1.29, 1.82) is 0 Å². The van der Waals surface area contributed by atoms with Gasteiger partial charge in [-0.3, -0.25) is 19.4 Å². The summed E-state index contributed by atoms with van der Waals surface area (Å²) in [7, 11) is 0. The highest BCUT2D eigenvalue weighted by atomic mass is 32.2. The highest BCUT2D eigenvalue weighted by molar-refractivity contribution is 7.99. The van der Waals surface area contributed by atoms with E-state index in [0.717, 1.165) is 4.90 Å². The normalized spacial score (nSPS) is 11.5. The summed E-state index contributed by atoms with van der Waals surface area (Å²) < 4.78 is 9.89. The fourth-order valence-corrected chi connectivity index (χ4v) is 4.00. The smallest absolute Gasteiger partial charge is 0.328 e. The maximum atomic E-state index is 12.6. The number of rotatable bonds is 13. The number of thioether (sulfide) groups is 1. The number of nitrogen functional groups attached to an aromatic ring is 2. The van der Waals surface area contributed by atoms with Crippen molar-refractivity contribution in [3.63, 3.8) is 0 Å². The first-order chi connectivity index (χ1) is 16.7. The van der Waals surface area contributed by atoms with Crippen LogP contribution in [0.3, 0.4) is 0 Å². The van der Waals surface area contributed by atoms with Crippen LogP contribution in [-0.4, -0.2) is 52.8 Å². The standard InChI is InChI=1S/C23H31N5O6S/c1-3-33-18(29)12-11-17(22(32)34-4-2)26-20(30)14-7-9-15(10-8-14)35-13-5-6-16-19(24)27-23(25)28-21(16)31/h7-10,17H,3-6,11-13H2,1-2H3,(H,26,30)(H5,24,25,27,28,31)/t17-/m0/s1. The summed E-state index contributed by atoms with van der Waals surface area (Å²) >= 11 is 1.56. The molecule has 0 aliphatic carbocycles. The SMILES string of the molecule is CCOC(=O)CC[C@H](NC(=O)c1ccc(SCCCc2c(N)nc(N)[nH]c2=O)cc1)C(=O)OCC. The number of esters is 2. The third-order valence-corrected chi connectivity index (χ3v) is 5.94. The van der Waals surface area contributed by atoms with Crippen LogP contribution >= 0.6 is 11.8 Å². The molecule has 2 aromatic rings. The van der Waals surface area contributed by atoms with Crippen LogP contribution in [0, 0.1) is 0 Å². The molecule has 0 unspecified atom stereocenters. The summed E-state index contributed by atoms with van der Waals surface area (Å²) in [5, 5.41) is 2.63. The lowest BCUT2D eigenvalue weighted by molar-refractivity contribution is -0.146. The number of carbonyl (C=O) groups excluding carboxylic acids is 3. The molecule has 0 bridgehead atoms. The van der Waals surface area contributed by atoms with Gasteiger partial charge in [-0.15, -0.1) is 11.8 Å². The molecule has 1 atom stereocenters. The number of nitrogens with one attached hydrogen (secondary N) is 2. The van der Waals surface area contributed by atoms with Crippen LogP contribution in [0.5, 0.6) is 0 Å². The molecule has 0 saturated carbocycles. The molecule has 11 nitrogen and oxygen atoms in total. The maximum absolute atomic E-state index is 12.6. The van der Waals surface area contributed by atoms with E-state index in [2.05, 4.69) is 15.3 Å². The molecule has 1 aromatic carbocycles. The molecule has 0 spiro atoms. The van der Waals surface area contributed by atoms with E-state index in [-0.39, 0.29) is 43.4 Å². The summed E-state index contributed by atoms with van der Waals surface area (Å²) in [4.78, 5) is 55.7. The van der Waals surface area contributed by atoms with Gasteiger partial charge in [0.15, 0.2) is 0 Å². The third kappa shape index (κ3) is 8.96. The summed E-state index contributed by atoms with van der Waals surface area (Å²) in [6.45, 7) is 3.76. The van der Waals surface area contributed by atoms with E-state index in [1.165, 1.54) is 0 Å². The minimum atomic E-state index is -0.959. The molecule has 0 aliphatic heterocycles. The lowest BCUT2D eigenvalue weighted by Gasteiger charge is -2.17. The van der Waals surface area contributed by atoms with Gasteiger partial charge in [0.1, 0.15) is 11.9 Å². The van der Waals surface area contributed by atoms with Crippen molar-refractivity contribution >= 4 is 41.4 Å². The van der Waals surface area contributed by atoms with Crippen molar-refractivity contribution in [3.8, 4) is 0 Å². The number of benzene rings is 1. The van der Waals surface area contributed by atoms with E-state index < -0.39 is 23.9 Å². The first-order valence-corrected chi connectivity index (χ1v) is 12.2. The van der Waals surface area contributed by atoms with E-state index in [0.29, 0.717) is 29.7 Å². The Morgan fingerprint density at radius 3 is 2.43 bits per heavy atom. The number of nitrogens with two attached hydrogens (primary N) is 2. The van der Waals surface area contributed by atoms with Gasteiger partial charge in [0.2, 0.25) is 5.95 Å². The first-order valence-electron chi connectivity index (χ1n) is 11.2. The number of aromatic nitrogens is 2. The van der Waals surface area contributed by atoms with Crippen molar-refractivity contribution < 1.29 is 23.9 Å². The molecule has 0 aliphatic rings. The number of hydrogen-bond acceptors (Lipinski definition) is 10. The Hall–Kier alpha value is -3.54. The zero-order valence-electron chi connectivity index (χ0n) is 19.8. The highest BCUT2D eigenvalue weighted by Crippen LogP contribution is 2.20. The maximum Gasteiger partial charge on any atom is 0.328 e. The number of aromatic amines is 1. The molecule has 1 aromatic heterocycles. The van der Waals surface area contributed by atoms with E-state index in [4.69, 9.17) is 20.9 Å². The van der Waals surface area contributed by atoms with E-state index in [1.54, 1.807) is 49.9 Å².